The molecule has 0 spiro atoms. The summed E-state index contributed by atoms with van der Waals surface area (Å²) in [6.45, 7) is 2.43. The van der Waals surface area contributed by atoms with Crippen molar-refractivity contribution >= 4 is 0 Å². The summed E-state index contributed by atoms with van der Waals surface area (Å²) in [6.07, 6.45) is 2.09. The first kappa shape index (κ1) is 15.1. The molecule has 0 fully saturated rings. The molecule has 0 aliphatic heterocycles. The Kier molecular flexibility index (Phi) is 5.80. The molecule has 2 rings (SSSR count). The summed E-state index contributed by atoms with van der Waals surface area (Å²) in [7, 11) is 0. The second kappa shape index (κ2) is 8.08. The summed E-state index contributed by atoms with van der Waals surface area (Å²) < 4.78 is 23.7. The average molecular weight is 288 g/mol. The van der Waals surface area contributed by atoms with E-state index in [-0.39, 0.29) is 5.82 Å². The van der Waals surface area contributed by atoms with E-state index in [9.17, 15) is 4.39 Å². The summed E-state index contributed by atoms with van der Waals surface area (Å²) in [4.78, 5) is 2.09. The molecule has 0 N–H and O–H groups in total. The lowest BCUT2D eigenvalue weighted by atomic mass is 10.3. The highest BCUT2D eigenvalue weighted by Crippen LogP contribution is 2.11. The molecule has 21 heavy (non-hydrogen) atoms. The second-order valence-electron chi connectivity index (χ2n) is 4.57. The van der Waals surface area contributed by atoms with Crippen molar-refractivity contribution in [3.05, 3.63) is 54.2 Å². The molecule has 0 radical (unpaired) electrons. The highest BCUT2D eigenvalue weighted by Gasteiger charge is 2.08. The number of hydrogen-bond acceptors (Lipinski definition) is 4. The van der Waals surface area contributed by atoms with Crippen LogP contribution in [0.3, 0.4) is 0 Å². The number of rotatable bonds is 8. The van der Waals surface area contributed by atoms with Crippen molar-refractivity contribution < 1.29 is 13.5 Å². The molecule has 1 aromatic heterocycles. The molecule has 5 heteroatoms. The normalized spacial score (nSPS) is 10.5. The van der Waals surface area contributed by atoms with Crippen molar-refractivity contribution in [1.82, 2.24) is 4.90 Å². The quantitative estimate of drug-likeness (QED) is 0.748. The SMILES string of the molecule is N#CCCN(CCOc1ccc(F)cc1)Cc1ccco1. The maximum Gasteiger partial charge on any atom is 0.123 e. The zero-order valence-electron chi connectivity index (χ0n) is 11.7. The van der Waals surface area contributed by atoms with E-state index < -0.39 is 0 Å². The van der Waals surface area contributed by atoms with E-state index >= 15 is 0 Å². The number of furan rings is 1. The minimum Gasteiger partial charge on any atom is -0.492 e. The zero-order valence-corrected chi connectivity index (χ0v) is 11.7. The summed E-state index contributed by atoms with van der Waals surface area (Å²) in [5.41, 5.74) is 0. The first-order chi connectivity index (χ1) is 10.3. The van der Waals surface area contributed by atoms with Crippen LogP contribution in [0, 0.1) is 17.1 Å². The summed E-state index contributed by atoms with van der Waals surface area (Å²) in [5, 5.41) is 8.70. The molecule has 0 atom stereocenters. The van der Waals surface area contributed by atoms with Gasteiger partial charge in [-0.2, -0.15) is 5.26 Å². The van der Waals surface area contributed by atoms with Crippen LogP contribution in [0.5, 0.6) is 5.75 Å². The van der Waals surface area contributed by atoms with Gasteiger partial charge in [-0.15, -0.1) is 0 Å². The van der Waals surface area contributed by atoms with Crippen LogP contribution in [0.2, 0.25) is 0 Å². The molecule has 0 unspecified atom stereocenters. The molecule has 1 aromatic carbocycles. The van der Waals surface area contributed by atoms with Gasteiger partial charge in [0, 0.05) is 19.5 Å². The third-order valence-corrected chi connectivity index (χ3v) is 2.99. The third-order valence-electron chi connectivity index (χ3n) is 2.99. The number of halogens is 1. The largest absolute Gasteiger partial charge is 0.492 e. The van der Waals surface area contributed by atoms with Crippen molar-refractivity contribution in [3.63, 3.8) is 0 Å². The molecule has 2 aromatic rings. The lowest BCUT2D eigenvalue weighted by Crippen LogP contribution is -2.28. The molecule has 0 saturated carbocycles. The van der Waals surface area contributed by atoms with Gasteiger partial charge < -0.3 is 9.15 Å². The maximum atomic E-state index is 12.8. The van der Waals surface area contributed by atoms with Gasteiger partial charge in [-0.25, -0.2) is 4.39 Å². The topological polar surface area (TPSA) is 49.4 Å². The van der Waals surface area contributed by atoms with E-state index in [0.717, 1.165) is 5.76 Å². The van der Waals surface area contributed by atoms with Gasteiger partial charge in [0.1, 0.15) is 23.9 Å². The molecule has 1 heterocycles. The molecule has 0 saturated heterocycles. The summed E-state index contributed by atoms with van der Waals surface area (Å²) in [6, 6.07) is 11.8. The monoisotopic (exact) mass is 288 g/mol. The van der Waals surface area contributed by atoms with Crippen molar-refractivity contribution in [1.29, 1.82) is 5.26 Å². The molecular weight excluding hydrogens is 271 g/mol. The predicted molar refractivity (Wildman–Crippen MR) is 76.1 cm³/mol. The summed E-state index contributed by atoms with van der Waals surface area (Å²) in [5.74, 6) is 1.21. The second-order valence-corrected chi connectivity index (χ2v) is 4.57. The number of nitrogens with zero attached hydrogens (tertiary/aromatic N) is 2. The lowest BCUT2D eigenvalue weighted by Gasteiger charge is -2.20. The smallest absolute Gasteiger partial charge is 0.123 e. The molecule has 0 aliphatic rings. The molecule has 0 bridgehead atoms. The van der Waals surface area contributed by atoms with Gasteiger partial charge in [-0.1, -0.05) is 0 Å². The fraction of sp³-hybridized carbons (Fsp3) is 0.312. The average Bonchev–Trinajstić information content (AvgIpc) is 2.99. The van der Waals surface area contributed by atoms with Crippen LogP contribution in [-0.4, -0.2) is 24.6 Å². The van der Waals surface area contributed by atoms with Crippen molar-refractivity contribution in [2.45, 2.75) is 13.0 Å². The minimum absolute atomic E-state index is 0.282. The van der Waals surface area contributed by atoms with Crippen LogP contribution < -0.4 is 4.74 Å². The Morgan fingerprint density at radius 1 is 1.19 bits per heavy atom. The zero-order chi connectivity index (χ0) is 14.9. The molecule has 110 valence electrons. The van der Waals surface area contributed by atoms with Gasteiger partial charge >= 0.3 is 0 Å². The van der Waals surface area contributed by atoms with Gasteiger partial charge in [0.05, 0.1) is 18.9 Å². The van der Waals surface area contributed by atoms with Gasteiger partial charge in [-0.05, 0) is 36.4 Å². The Balaban J connectivity index is 1.80. The van der Waals surface area contributed by atoms with Gasteiger partial charge in [0.25, 0.3) is 0 Å². The molecule has 0 aliphatic carbocycles. The fourth-order valence-electron chi connectivity index (χ4n) is 1.92. The van der Waals surface area contributed by atoms with Crippen LogP contribution in [0.25, 0.3) is 0 Å². The number of benzene rings is 1. The fourth-order valence-corrected chi connectivity index (χ4v) is 1.92. The van der Waals surface area contributed by atoms with Crippen molar-refractivity contribution in [2.75, 3.05) is 19.7 Å². The molecule has 4 nitrogen and oxygen atoms in total. The van der Waals surface area contributed by atoms with E-state index in [4.69, 9.17) is 14.4 Å². The van der Waals surface area contributed by atoms with Crippen LogP contribution in [0.1, 0.15) is 12.2 Å². The van der Waals surface area contributed by atoms with E-state index in [1.165, 1.54) is 12.1 Å². The predicted octanol–water partition coefficient (Wildman–Crippen LogP) is 3.21. The number of nitriles is 1. The van der Waals surface area contributed by atoms with Crippen LogP contribution in [0.15, 0.2) is 47.1 Å². The Bertz CT molecular complexity index is 561. The Morgan fingerprint density at radius 3 is 2.67 bits per heavy atom. The standard InChI is InChI=1S/C16H17FN2O2/c17-14-4-6-15(7-5-14)21-12-10-19(9-2-8-18)13-16-3-1-11-20-16/h1,3-7,11H,2,9-10,12-13H2. The van der Waals surface area contributed by atoms with E-state index in [0.29, 0.717) is 38.4 Å². The van der Waals surface area contributed by atoms with E-state index in [2.05, 4.69) is 11.0 Å². The third kappa shape index (κ3) is 5.28. The van der Waals surface area contributed by atoms with Crippen LogP contribution in [0.4, 0.5) is 4.39 Å². The van der Waals surface area contributed by atoms with E-state index in [1.807, 2.05) is 12.1 Å². The Hall–Kier alpha value is -2.32. The van der Waals surface area contributed by atoms with Crippen LogP contribution in [-0.2, 0) is 6.54 Å². The number of ether oxygens (including phenoxy) is 1. The van der Waals surface area contributed by atoms with Crippen LogP contribution >= 0.6 is 0 Å². The van der Waals surface area contributed by atoms with Gasteiger partial charge in [-0.3, -0.25) is 4.90 Å². The molecular formula is C16H17FN2O2. The van der Waals surface area contributed by atoms with E-state index in [1.54, 1.807) is 18.4 Å². The molecule has 0 amide bonds. The summed E-state index contributed by atoms with van der Waals surface area (Å²) >= 11 is 0. The van der Waals surface area contributed by atoms with Crippen molar-refractivity contribution in [2.24, 2.45) is 0 Å². The maximum absolute atomic E-state index is 12.8. The first-order valence-electron chi connectivity index (χ1n) is 6.78. The van der Waals surface area contributed by atoms with Crippen molar-refractivity contribution in [3.8, 4) is 11.8 Å². The highest BCUT2D eigenvalue weighted by molar-refractivity contribution is 5.21. The van der Waals surface area contributed by atoms with Gasteiger partial charge in [0.2, 0.25) is 0 Å². The lowest BCUT2D eigenvalue weighted by molar-refractivity contribution is 0.195. The minimum atomic E-state index is -0.282. The Labute approximate surface area is 123 Å². The first-order valence-corrected chi connectivity index (χ1v) is 6.78. The Morgan fingerprint density at radius 2 is 2.00 bits per heavy atom. The number of hydrogen-bond donors (Lipinski definition) is 0. The highest BCUT2D eigenvalue weighted by atomic mass is 19.1. The van der Waals surface area contributed by atoms with Gasteiger partial charge in [0.15, 0.2) is 0 Å².